The van der Waals surface area contributed by atoms with Crippen molar-refractivity contribution in [1.82, 2.24) is 0 Å². The van der Waals surface area contributed by atoms with E-state index in [9.17, 15) is 22.4 Å². The van der Waals surface area contributed by atoms with Crippen molar-refractivity contribution in [3.63, 3.8) is 0 Å². The van der Waals surface area contributed by atoms with Crippen LogP contribution < -0.4 is 0 Å². The second kappa shape index (κ2) is 4.13. The van der Waals surface area contributed by atoms with Gasteiger partial charge in [-0.1, -0.05) is 0 Å². The summed E-state index contributed by atoms with van der Waals surface area (Å²) in [6.45, 7) is 1.37. The van der Waals surface area contributed by atoms with Gasteiger partial charge in [0, 0.05) is 6.42 Å². The van der Waals surface area contributed by atoms with E-state index in [0.29, 0.717) is 0 Å². The Balaban J connectivity index is 2.41. The van der Waals surface area contributed by atoms with Crippen LogP contribution in [-0.4, -0.2) is 5.78 Å². The smallest absolute Gasteiger partial charge is 0.197 e. The van der Waals surface area contributed by atoms with Crippen LogP contribution in [0.1, 0.15) is 24.5 Å². The van der Waals surface area contributed by atoms with Gasteiger partial charge in [-0.3, -0.25) is 0 Å². The highest BCUT2D eigenvalue weighted by atomic mass is 19.2. The largest absolute Gasteiger partial charge is 0.300 e. The van der Waals surface area contributed by atoms with Crippen LogP contribution in [0.3, 0.4) is 0 Å². The van der Waals surface area contributed by atoms with Crippen molar-refractivity contribution in [2.45, 2.75) is 26.2 Å². The van der Waals surface area contributed by atoms with Crippen LogP contribution in [0.5, 0.6) is 0 Å². The number of benzene rings is 1. The molecule has 0 radical (unpaired) electrons. The molecule has 1 nitrogen and oxygen atoms in total. The Morgan fingerprint density at radius 3 is 1.76 bits per heavy atom. The molecule has 1 aromatic rings. The molecule has 92 valence electrons. The van der Waals surface area contributed by atoms with E-state index in [2.05, 4.69) is 0 Å². The molecule has 0 N–H and O–H groups in total. The van der Waals surface area contributed by atoms with Crippen molar-refractivity contribution in [3.8, 4) is 0 Å². The third-order valence-electron chi connectivity index (χ3n) is 3.03. The van der Waals surface area contributed by atoms with Crippen LogP contribution in [-0.2, 0) is 17.6 Å². The van der Waals surface area contributed by atoms with Crippen LogP contribution in [0.15, 0.2) is 0 Å². The van der Waals surface area contributed by atoms with Gasteiger partial charge in [-0.15, -0.1) is 0 Å². The lowest BCUT2D eigenvalue weighted by atomic mass is 10.0. The van der Waals surface area contributed by atoms with Gasteiger partial charge in [0.15, 0.2) is 23.3 Å². The van der Waals surface area contributed by atoms with Gasteiger partial charge in [-0.2, -0.15) is 0 Å². The van der Waals surface area contributed by atoms with Crippen LogP contribution >= 0.6 is 0 Å². The number of carbonyl (C=O) groups excluding carboxylic acids is 1. The summed E-state index contributed by atoms with van der Waals surface area (Å²) in [5.74, 6) is -6.58. The Bertz CT molecular complexity index is 459. The maximum absolute atomic E-state index is 13.4. The number of Topliss-reactive ketones (excluding diaryl/α,β-unsaturated/α-hetero) is 1. The zero-order valence-electron chi connectivity index (χ0n) is 9.12. The maximum atomic E-state index is 13.4. The van der Waals surface area contributed by atoms with Crippen molar-refractivity contribution >= 4 is 5.78 Å². The fourth-order valence-corrected chi connectivity index (χ4v) is 2.35. The first-order chi connectivity index (χ1) is 7.91. The minimum atomic E-state index is -1.77. The molecule has 0 aliphatic heterocycles. The molecule has 0 amide bonds. The van der Waals surface area contributed by atoms with E-state index in [4.69, 9.17) is 0 Å². The molecule has 0 bridgehead atoms. The van der Waals surface area contributed by atoms with Gasteiger partial charge in [0.2, 0.25) is 0 Å². The standard InChI is InChI=1S/C12H10F4O/c1-5(17)2-6-3-7-8(4-6)10(14)12(16)11(15)9(7)13/h6H,2-4H2,1H3. The summed E-state index contributed by atoms with van der Waals surface area (Å²) in [6, 6.07) is 0. The highest BCUT2D eigenvalue weighted by Gasteiger charge is 2.32. The third kappa shape index (κ3) is 1.94. The van der Waals surface area contributed by atoms with E-state index in [1.54, 1.807) is 0 Å². The van der Waals surface area contributed by atoms with Gasteiger partial charge in [0.05, 0.1) is 0 Å². The molecule has 1 aliphatic rings. The molecule has 0 fully saturated rings. The molecule has 0 spiro atoms. The molecule has 1 aromatic carbocycles. The third-order valence-corrected chi connectivity index (χ3v) is 3.03. The van der Waals surface area contributed by atoms with E-state index in [1.807, 2.05) is 0 Å². The number of hydrogen-bond donors (Lipinski definition) is 0. The predicted molar refractivity (Wildman–Crippen MR) is 52.5 cm³/mol. The lowest BCUT2D eigenvalue weighted by molar-refractivity contribution is -0.117. The topological polar surface area (TPSA) is 17.1 Å². The molecule has 0 saturated heterocycles. The van der Waals surface area contributed by atoms with Crippen molar-refractivity contribution in [2.24, 2.45) is 5.92 Å². The van der Waals surface area contributed by atoms with Gasteiger partial charge in [0.25, 0.3) is 0 Å². The number of fused-ring (bicyclic) bond motifs is 1. The number of hydrogen-bond acceptors (Lipinski definition) is 1. The number of ketones is 1. The minimum absolute atomic E-state index is 0.0782. The molecular weight excluding hydrogens is 236 g/mol. The molecule has 17 heavy (non-hydrogen) atoms. The average Bonchev–Trinajstić information content (AvgIpc) is 2.66. The molecule has 0 heterocycles. The van der Waals surface area contributed by atoms with Gasteiger partial charge >= 0.3 is 0 Å². The normalized spacial score (nSPS) is 15.1. The number of carbonyl (C=O) groups is 1. The monoisotopic (exact) mass is 246 g/mol. The van der Waals surface area contributed by atoms with E-state index in [0.717, 1.165) is 0 Å². The maximum Gasteiger partial charge on any atom is 0.197 e. The molecule has 5 heteroatoms. The van der Waals surface area contributed by atoms with E-state index in [-0.39, 0.29) is 42.1 Å². The second-order valence-corrected chi connectivity index (χ2v) is 4.39. The van der Waals surface area contributed by atoms with E-state index < -0.39 is 23.3 Å². The first-order valence-corrected chi connectivity index (χ1v) is 5.25. The molecule has 0 unspecified atom stereocenters. The quantitative estimate of drug-likeness (QED) is 0.445. The van der Waals surface area contributed by atoms with Gasteiger partial charge in [-0.25, -0.2) is 17.6 Å². The zero-order valence-corrected chi connectivity index (χ0v) is 9.12. The molecule has 2 rings (SSSR count). The second-order valence-electron chi connectivity index (χ2n) is 4.39. The molecular formula is C12H10F4O. The zero-order chi connectivity index (χ0) is 12.7. The Hall–Kier alpha value is -1.39. The fraction of sp³-hybridized carbons (Fsp3) is 0.417. The first-order valence-electron chi connectivity index (χ1n) is 5.25. The molecule has 0 aromatic heterocycles. The minimum Gasteiger partial charge on any atom is -0.300 e. The summed E-state index contributed by atoms with van der Waals surface area (Å²) in [4.78, 5) is 10.9. The van der Waals surface area contributed by atoms with Crippen LogP contribution in [0.25, 0.3) is 0 Å². The molecule has 0 saturated carbocycles. The fourth-order valence-electron chi connectivity index (χ4n) is 2.35. The predicted octanol–water partition coefficient (Wildman–Crippen LogP) is 2.94. The summed E-state index contributed by atoms with van der Waals surface area (Å²) in [5, 5.41) is 0. The first kappa shape index (κ1) is 12.1. The summed E-state index contributed by atoms with van der Waals surface area (Å²) < 4.78 is 52.7. The average molecular weight is 246 g/mol. The Morgan fingerprint density at radius 2 is 1.41 bits per heavy atom. The van der Waals surface area contributed by atoms with Crippen LogP contribution in [0.4, 0.5) is 17.6 Å². The van der Waals surface area contributed by atoms with Gasteiger partial charge in [-0.05, 0) is 36.8 Å². The highest BCUT2D eigenvalue weighted by molar-refractivity contribution is 5.75. The number of rotatable bonds is 2. The van der Waals surface area contributed by atoms with Crippen molar-refractivity contribution in [3.05, 3.63) is 34.4 Å². The Labute approximate surface area is 95.4 Å². The summed E-state index contributed by atoms with van der Waals surface area (Å²) in [5.41, 5.74) is -0.264. The highest BCUT2D eigenvalue weighted by Crippen LogP contribution is 2.35. The van der Waals surface area contributed by atoms with E-state index >= 15 is 0 Å². The van der Waals surface area contributed by atoms with Gasteiger partial charge < -0.3 is 4.79 Å². The Kier molecular flexibility index (Phi) is 2.93. The van der Waals surface area contributed by atoms with Gasteiger partial charge in [0.1, 0.15) is 5.78 Å². The summed E-state index contributed by atoms with van der Waals surface area (Å²) in [6.07, 6.45) is 0.320. The SMILES string of the molecule is CC(=O)CC1Cc2c(F)c(F)c(F)c(F)c2C1. The van der Waals surface area contributed by atoms with E-state index in [1.165, 1.54) is 6.92 Å². The lowest BCUT2D eigenvalue weighted by Crippen LogP contribution is -2.05. The Morgan fingerprint density at radius 1 is 1.00 bits per heavy atom. The van der Waals surface area contributed by atoms with Crippen LogP contribution in [0.2, 0.25) is 0 Å². The summed E-state index contributed by atoms with van der Waals surface area (Å²) >= 11 is 0. The lowest BCUT2D eigenvalue weighted by Gasteiger charge is -2.04. The molecule has 0 atom stereocenters. The summed E-state index contributed by atoms with van der Waals surface area (Å²) in [7, 11) is 0. The van der Waals surface area contributed by atoms with Crippen LogP contribution in [0, 0.1) is 29.2 Å². The van der Waals surface area contributed by atoms with Crippen molar-refractivity contribution in [2.75, 3.05) is 0 Å². The van der Waals surface area contributed by atoms with Crippen molar-refractivity contribution in [1.29, 1.82) is 0 Å². The number of halogens is 4. The molecule has 1 aliphatic carbocycles. The van der Waals surface area contributed by atoms with Crippen molar-refractivity contribution < 1.29 is 22.4 Å².